The van der Waals surface area contributed by atoms with E-state index in [1.807, 2.05) is 54.6 Å². The van der Waals surface area contributed by atoms with Crippen LogP contribution in [0, 0.1) is 0 Å². The number of pyridine rings is 1. The maximum atomic E-state index is 12.6. The molecule has 0 radical (unpaired) electrons. The Labute approximate surface area is 174 Å². The van der Waals surface area contributed by atoms with Gasteiger partial charge < -0.3 is 14.4 Å². The Bertz CT molecular complexity index is 1120. The molecule has 1 aliphatic rings. The first-order valence-electron chi connectivity index (χ1n) is 9.82. The van der Waals surface area contributed by atoms with Crippen LogP contribution in [0.15, 0.2) is 60.7 Å². The van der Waals surface area contributed by atoms with Crippen LogP contribution >= 0.6 is 0 Å². The smallest absolute Gasteiger partial charge is 0.331 e. The van der Waals surface area contributed by atoms with E-state index in [1.165, 1.54) is 6.08 Å². The van der Waals surface area contributed by atoms with E-state index in [0.29, 0.717) is 12.2 Å². The van der Waals surface area contributed by atoms with E-state index in [1.54, 1.807) is 18.1 Å². The minimum absolute atomic E-state index is 0.244. The maximum Gasteiger partial charge on any atom is 0.331 e. The molecular weight excluding hydrogens is 380 g/mol. The van der Waals surface area contributed by atoms with Crippen LogP contribution in [-0.2, 0) is 20.7 Å². The predicted molar refractivity (Wildman–Crippen MR) is 115 cm³/mol. The summed E-state index contributed by atoms with van der Waals surface area (Å²) in [5.74, 6) is -0.0566. The fourth-order valence-electron chi connectivity index (χ4n) is 3.55. The number of aromatic nitrogens is 1. The van der Waals surface area contributed by atoms with Gasteiger partial charge in [0.15, 0.2) is 6.61 Å². The number of carbonyl (C=O) groups is 2. The zero-order chi connectivity index (χ0) is 20.9. The van der Waals surface area contributed by atoms with Crippen molar-refractivity contribution >= 4 is 34.5 Å². The van der Waals surface area contributed by atoms with Crippen LogP contribution in [0.5, 0.6) is 5.75 Å². The molecule has 0 unspecified atom stereocenters. The molecule has 0 bridgehead atoms. The summed E-state index contributed by atoms with van der Waals surface area (Å²) in [4.78, 5) is 30.8. The molecule has 0 spiro atoms. The van der Waals surface area contributed by atoms with E-state index in [0.717, 1.165) is 40.7 Å². The number of ether oxygens (including phenoxy) is 2. The van der Waals surface area contributed by atoms with Crippen LogP contribution in [-0.4, -0.2) is 37.1 Å². The summed E-state index contributed by atoms with van der Waals surface area (Å²) < 4.78 is 10.4. The van der Waals surface area contributed by atoms with Gasteiger partial charge in [-0.05, 0) is 54.8 Å². The third-order valence-electron chi connectivity index (χ3n) is 5.05. The average Bonchev–Trinajstić information content (AvgIpc) is 2.80. The number of amides is 1. The number of aryl methyl sites for hydroxylation is 1. The zero-order valence-corrected chi connectivity index (χ0v) is 16.7. The van der Waals surface area contributed by atoms with Gasteiger partial charge in [0, 0.05) is 23.7 Å². The van der Waals surface area contributed by atoms with E-state index < -0.39 is 5.97 Å². The van der Waals surface area contributed by atoms with Crippen molar-refractivity contribution in [3.8, 4) is 5.75 Å². The van der Waals surface area contributed by atoms with Crippen LogP contribution in [0.25, 0.3) is 17.0 Å². The number of carbonyl (C=O) groups excluding carboxylic acids is 2. The molecule has 1 amide bonds. The first-order valence-corrected chi connectivity index (χ1v) is 9.82. The van der Waals surface area contributed by atoms with Crippen molar-refractivity contribution in [3.63, 3.8) is 0 Å². The number of anilines is 1. The fraction of sp³-hybridized carbons (Fsp3) is 0.208. The summed E-state index contributed by atoms with van der Waals surface area (Å²) >= 11 is 0. The lowest BCUT2D eigenvalue weighted by Gasteiger charge is -2.29. The lowest BCUT2D eigenvalue weighted by atomic mass is 10.0. The summed E-state index contributed by atoms with van der Waals surface area (Å²) in [6, 6.07) is 17.2. The molecule has 0 aliphatic carbocycles. The third kappa shape index (κ3) is 4.33. The highest BCUT2D eigenvalue weighted by Crippen LogP contribution is 2.30. The number of rotatable bonds is 5. The molecule has 4 rings (SSSR count). The molecule has 2 aromatic carbocycles. The molecule has 6 nitrogen and oxygen atoms in total. The minimum Gasteiger partial charge on any atom is -0.497 e. The van der Waals surface area contributed by atoms with E-state index in [2.05, 4.69) is 4.98 Å². The van der Waals surface area contributed by atoms with Gasteiger partial charge >= 0.3 is 5.97 Å². The van der Waals surface area contributed by atoms with Crippen molar-refractivity contribution in [2.24, 2.45) is 0 Å². The zero-order valence-electron chi connectivity index (χ0n) is 16.7. The van der Waals surface area contributed by atoms with Crippen LogP contribution in [0.4, 0.5) is 5.69 Å². The quantitative estimate of drug-likeness (QED) is 0.480. The highest BCUT2D eigenvalue weighted by molar-refractivity contribution is 5.97. The standard InChI is InChI=1S/C24H22N2O4/c1-29-20-11-12-22-18(15-20)6-4-14-26(22)23(27)16-30-24(28)13-10-19-9-8-17-5-2-3-7-21(17)25-19/h2-3,5,7-13,15H,4,6,14,16H2,1H3/b13-10+. The summed E-state index contributed by atoms with van der Waals surface area (Å²) in [6.07, 6.45) is 4.62. The summed E-state index contributed by atoms with van der Waals surface area (Å²) in [5.41, 5.74) is 3.40. The average molecular weight is 402 g/mol. The van der Waals surface area contributed by atoms with Gasteiger partial charge in [-0.15, -0.1) is 0 Å². The van der Waals surface area contributed by atoms with Gasteiger partial charge in [-0.25, -0.2) is 9.78 Å². The molecule has 0 N–H and O–H groups in total. The Balaban J connectivity index is 1.37. The van der Waals surface area contributed by atoms with Crippen molar-refractivity contribution in [2.75, 3.05) is 25.2 Å². The Kier molecular flexibility index (Phi) is 5.75. The summed E-state index contributed by atoms with van der Waals surface area (Å²) in [6.45, 7) is 0.298. The van der Waals surface area contributed by atoms with E-state index in [9.17, 15) is 9.59 Å². The molecule has 30 heavy (non-hydrogen) atoms. The number of esters is 1. The van der Waals surface area contributed by atoms with Crippen molar-refractivity contribution in [2.45, 2.75) is 12.8 Å². The Morgan fingerprint density at radius 2 is 2.00 bits per heavy atom. The lowest BCUT2D eigenvalue weighted by molar-refractivity contribution is -0.142. The minimum atomic E-state index is -0.578. The maximum absolute atomic E-state index is 12.6. The second-order valence-corrected chi connectivity index (χ2v) is 7.01. The lowest BCUT2D eigenvalue weighted by Crippen LogP contribution is -2.38. The Morgan fingerprint density at radius 3 is 2.87 bits per heavy atom. The van der Waals surface area contributed by atoms with Gasteiger partial charge in [0.2, 0.25) is 0 Å². The molecule has 152 valence electrons. The molecule has 0 atom stereocenters. The Morgan fingerprint density at radius 1 is 1.13 bits per heavy atom. The van der Waals surface area contributed by atoms with E-state index >= 15 is 0 Å². The van der Waals surface area contributed by atoms with Gasteiger partial charge in [0.05, 0.1) is 18.3 Å². The normalized spacial score (nSPS) is 13.3. The van der Waals surface area contributed by atoms with Crippen molar-refractivity contribution in [3.05, 3.63) is 71.9 Å². The second kappa shape index (κ2) is 8.78. The van der Waals surface area contributed by atoms with Crippen molar-refractivity contribution in [1.29, 1.82) is 0 Å². The molecule has 0 saturated carbocycles. The molecule has 2 heterocycles. The largest absolute Gasteiger partial charge is 0.497 e. The van der Waals surface area contributed by atoms with Gasteiger partial charge in [0.1, 0.15) is 5.75 Å². The van der Waals surface area contributed by atoms with Crippen LogP contribution < -0.4 is 9.64 Å². The molecule has 0 saturated heterocycles. The fourth-order valence-corrected chi connectivity index (χ4v) is 3.55. The van der Waals surface area contributed by atoms with Gasteiger partial charge in [-0.3, -0.25) is 4.79 Å². The second-order valence-electron chi connectivity index (χ2n) is 7.01. The molecule has 1 aliphatic heterocycles. The number of para-hydroxylation sites is 1. The number of nitrogens with zero attached hydrogens (tertiary/aromatic N) is 2. The number of benzene rings is 2. The summed E-state index contributed by atoms with van der Waals surface area (Å²) in [5, 5.41) is 1.03. The van der Waals surface area contributed by atoms with Gasteiger partial charge in [-0.2, -0.15) is 0 Å². The van der Waals surface area contributed by atoms with Crippen molar-refractivity contribution in [1.82, 2.24) is 4.98 Å². The van der Waals surface area contributed by atoms with Crippen LogP contribution in [0.1, 0.15) is 17.7 Å². The van der Waals surface area contributed by atoms with Crippen LogP contribution in [0.3, 0.4) is 0 Å². The van der Waals surface area contributed by atoms with Crippen molar-refractivity contribution < 1.29 is 19.1 Å². The van der Waals surface area contributed by atoms with Crippen LogP contribution in [0.2, 0.25) is 0 Å². The first kappa shape index (κ1) is 19.6. The highest BCUT2D eigenvalue weighted by atomic mass is 16.5. The SMILES string of the molecule is COc1ccc2c(c1)CCCN2C(=O)COC(=O)/C=C/c1ccc2ccccc2n1. The predicted octanol–water partition coefficient (Wildman–Crippen LogP) is 3.78. The molecule has 0 fully saturated rings. The van der Waals surface area contributed by atoms with Gasteiger partial charge in [-0.1, -0.05) is 24.3 Å². The van der Waals surface area contributed by atoms with E-state index in [-0.39, 0.29) is 12.5 Å². The highest BCUT2D eigenvalue weighted by Gasteiger charge is 2.23. The Hall–Kier alpha value is -3.67. The van der Waals surface area contributed by atoms with E-state index in [4.69, 9.17) is 9.47 Å². The first-order chi connectivity index (χ1) is 14.6. The topological polar surface area (TPSA) is 68.7 Å². The number of hydrogen-bond donors (Lipinski definition) is 0. The number of hydrogen-bond acceptors (Lipinski definition) is 5. The molecule has 6 heteroatoms. The summed E-state index contributed by atoms with van der Waals surface area (Å²) in [7, 11) is 1.62. The third-order valence-corrected chi connectivity index (χ3v) is 5.05. The van der Waals surface area contributed by atoms with Gasteiger partial charge in [0.25, 0.3) is 5.91 Å². The molecule has 1 aromatic heterocycles. The molecule has 3 aromatic rings. The molecular formula is C24H22N2O4. The number of fused-ring (bicyclic) bond motifs is 2. The monoisotopic (exact) mass is 402 g/mol. The number of methoxy groups -OCH3 is 1.